The second kappa shape index (κ2) is 11.2. The number of carbonyl (C=O) groups excluding carboxylic acids is 2. The molecule has 1 fully saturated rings. The summed E-state index contributed by atoms with van der Waals surface area (Å²) in [6.45, 7) is 6.40. The maximum absolute atomic E-state index is 13.5. The molecule has 2 aromatic rings. The molecule has 1 saturated heterocycles. The summed E-state index contributed by atoms with van der Waals surface area (Å²) in [4.78, 5) is 30.0. The van der Waals surface area contributed by atoms with Crippen LogP contribution in [-0.4, -0.2) is 74.1 Å². The van der Waals surface area contributed by atoms with E-state index in [-0.39, 0.29) is 23.4 Å². The van der Waals surface area contributed by atoms with Gasteiger partial charge in [0.25, 0.3) is 11.7 Å². The fourth-order valence-corrected chi connectivity index (χ4v) is 4.27. The van der Waals surface area contributed by atoms with Gasteiger partial charge in [-0.2, -0.15) is 0 Å². The summed E-state index contributed by atoms with van der Waals surface area (Å²) in [6.07, 6.45) is 0. The van der Waals surface area contributed by atoms with Crippen molar-refractivity contribution in [3.63, 3.8) is 0 Å². The van der Waals surface area contributed by atoms with Crippen molar-refractivity contribution in [2.24, 2.45) is 0 Å². The molecular weight excluding hydrogens is 455 g/mol. The number of hydrogen-bond donors (Lipinski definition) is 1. The van der Waals surface area contributed by atoms with Crippen LogP contribution in [0.25, 0.3) is 5.76 Å². The Labute approximate surface area is 204 Å². The summed E-state index contributed by atoms with van der Waals surface area (Å²) in [5.41, 5.74) is 0.642. The molecule has 1 atom stereocenters. The number of hydrogen-bond acceptors (Lipinski definition) is 7. The number of halogens is 1. The second-order valence-corrected chi connectivity index (χ2v) is 7.98. The van der Waals surface area contributed by atoms with Crippen molar-refractivity contribution in [2.75, 3.05) is 47.5 Å². The Morgan fingerprint density at radius 1 is 1.00 bits per heavy atom. The topological polar surface area (TPSA) is 88.5 Å². The van der Waals surface area contributed by atoms with Crippen LogP contribution in [0.1, 0.15) is 31.0 Å². The maximum atomic E-state index is 13.5. The molecule has 0 saturated carbocycles. The van der Waals surface area contributed by atoms with Crippen molar-refractivity contribution in [1.82, 2.24) is 9.80 Å². The molecule has 1 amide bonds. The standard InChI is InChI=1S/C26H31FN2O6/c1-6-28(7-2)12-13-29-22(17-14-19(33-3)25(35-5)20(15-17)34-4)21(24(31)26(29)32)23(30)16-8-10-18(27)11-9-16/h8-11,14-15,22,30H,6-7,12-13H2,1-5H3/t22-/m1/s1. The van der Waals surface area contributed by atoms with Crippen LogP contribution in [0.3, 0.4) is 0 Å². The van der Waals surface area contributed by atoms with Crippen molar-refractivity contribution in [1.29, 1.82) is 0 Å². The number of likely N-dealkylation sites (N-methyl/N-ethyl adjacent to an activating group) is 1. The Hall–Kier alpha value is -3.59. The smallest absolute Gasteiger partial charge is 0.295 e. The average molecular weight is 487 g/mol. The molecular formula is C26H31FN2O6. The van der Waals surface area contributed by atoms with Crippen molar-refractivity contribution >= 4 is 17.4 Å². The SMILES string of the molecule is CCN(CC)CCN1C(=O)C(=O)C(=C(O)c2ccc(F)cc2)[C@H]1c1cc(OC)c(OC)c(OC)c1. The lowest BCUT2D eigenvalue weighted by atomic mass is 9.94. The number of likely N-dealkylation sites (tertiary alicyclic amines) is 1. The minimum Gasteiger partial charge on any atom is -0.507 e. The zero-order valence-corrected chi connectivity index (χ0v) is 20.6. The number of methoxy groups -OCH3 is 3. The third-order valence-electron chi connectivity index (χ3n) is 6.21. The lowest BCUT2D eigenvalue weighted by molar-refractivity contribution is -0.140. The van der Waals surface area contributed by atoms with E-state index in [0.29, 0.717) is 29.4 Å². The van der Waals surface area contributed by atoms with E-state index in [1.807, 2.05) is 13.8 Å². The van der Waals surface area contributed by atoms with Crippen LogP contribution in [0.5, 0.6) is 17.2 Å². The molecule has 0 unspecified atom stereocenters. The van der Waals surface area contributed by atoms with E-state index in [9.17, 15) is 19.1 Å². The van der Waals surface area contributed by atoms with Crippen LogP contribution in [0.4, 0.5) is 4.39 Å². The number of ether oxygens (including phenoxy) is 3. The Morgan fingerprint density at radius 3 is 2.06 bits per heavy atom. The number of ketones is 1. The molecule has 1 heterocycles. The predicted molar refractivity (Wildman–Crippen MR) is 129 cm³/mol. The van der Waals surface area contributed by atoms with Crippen LogP contribution in [-0.2, 0) is 9.59 Å². The molecule has 188 valence electrons. The monoisotopic (exact) mass is 486 g/mol. The van der Waals surface area contributed by atoms with Gasteiger partial charge in [0.2, 0.25) is 5.75 Å². The molecule has 2 aromatic carbocycles. The molecule has 0 radical (unpaired) electrons. The van der Waals surface area contributed by atoms with E-state index in [0.717, 1.165) is 13.1 Å². The first-order valence-electron chi connectivity index (χ1n) is 11.4. The molecule has 0 bridgehead atoms. The molecule has 9 heteroatoms. The molecule has 1 aliphatic rings. The largest absolute Gasteiger partial charge is 0.507 e. The molecule has 1 aliphatic heterocycles. The zero-order chi connectivity index (χ0) is 25.7. The predicted octanol–water partition coefficient (Wildman–Crippen LogP) is 3.62. The van der Waals surface area contributed by atoms with Gasteiger partial charge >= 0.3 is 0 Å². The molecule has 0 spiro atoms. The molecule has 1 N–H and O–H groups in total. The van der Waals surface area contributed by atoms with Crippen LogP contribution < -0.4 is 14.2 Å². The van der Waals surface area contributed by atoms with E-state index in [1.165, 1.54) is 50.5 Å². The van der Waals surface area contributed by atoms with Crippen LogP contribution in [0, 0.1) is 5.82 Å². The normalized spacial score (nSPS) is 17.2. The summed E-state index contributed by atoms with van der Waals surface area (Å²) in [5, 5.41) is 11.1. The zero-order valence-electron chi connectivity index (χ0n) is 20.6. The first-order valence-corrected chi connectivity index (χ1v) is 11.4. The second-order valence-electron chi connectivity index (χ2n) is 7.98. The third-order valence-corrected chi connectivity index (χ3v) is 6.21. The van der Waals surface area contributed by atoms with Gasteiger partial charge < -0.3 is 29.1 Å². The molecule has 35 heavy (non-hydrogen) atoms. The van der Waals surface area contributed by atoms with Gasteiger partial charge in [-0.3, -0.25) is 9.59 Å². The van der Waals surface area contributed by atoms with Crippen molar-refractivity contribution < 1.29 is 33.3 Å². The molecule has 0 aromatic heterocycles. The number of aliphatic hydroxyl groups excluding tert-OH is 1. The minimum atomic E-state index is -0.913. The first kappa shape index (κ1) is 26.0. The van der Waals surface area contributed by atoms with E-state index in [1.54, 1.807) is 12.1 Å². The van der Waals surface area contributed by atoms with Gasteiger partial charge in [0.15, 0.2) is 11.5 Å². The number of rotatable bonds is 10. The van der Waals surface area contributed by atoms with Crippen LogP contribution >= 0.6 is 0 Å². The van der Waals surface area contributed by atoms with Crippen molar-refractivity contribution in [2.45, 2.75) is 19.9 Å². The number of aliphatic hydroxyl groups is 1. The number of carbonyl (C=O) groups is 2. The highest BCUT2D eigenvalue weighted by molar-refractivity contribution is 6.46. The Morgan fingerprint density at radius 2 is 1.57 bits per heavy atom. The number of benzene rings is 2. The van der Waals surface area contributed by atoms with E-state index >= 15 is 0 Å². The summed E-state index contributed by atoms with van der Waals surface area (Å²) in [6, 6.07) is 7.48. The highest BCUT2D eigenvalue weighted by atomic mass is 19.1. The first-order chi connectivity index (χ1) is 16.8. The van der Waals surface area contributed by atoms with Crippen molar-refractivity contribution in [3.05, 3.63) is 58.9 Å². The quantitative estimate of drug-likeness (QED) is 0.312. The molecule has 8 nitrogen and oxygen atoms in total. The molecule has 0 aliphatic carbocycles. The summed E-state index contributed by atoms with van der Waals surface area (Å²) >= 11 is 0. The van der Waals surface area contributed by atoms with Crippen LogP contribution in [0.15, 0.2) is 42.0 Å². The minimum absolute atomic E-state index is 0.0876. The van der Waals surface area contributed by atoms with Crippen molar-refractivity contribution in [3.8, 4) is 17.2 Å². The Balaban J connectivity index is 2.21. The van der Waals surface area contributed by atoms with Gasteiger partial charge in [0.1, 0.15) is 11.6 Å². The summed E-state index contributed by atoms with van der Waals surface area (Å²) < 4.78 is 29.8. The van der Waals surface area contributed by atoms with Crippen LogP contribution in [0.2, 0.25) is 0 Å². The van der Waals surface area contributed by atoms with E-state index in [4.69, 9.17) is 14.2 Å². The van der Waals surface area contributed by atoms with Gasteiger partial charge in [-0.15, -0.1) is 0 Å². The highest BCUT2D eigenvalue weighted by Crippen LogP contribution is 2.45. The van der Waals surface area contributed by atoms with Gasteiger partial charge in [0.05, 0.1) is 32.9 Å². The Bertz CT molecular complexity index is 1090. The average Bonchev–Trinajstić information content (AvgIpc) is 3.13. The van der Waals surface area contributed by atoms with Gasteiger partial charge in [-0.1, -0.05) is 13.8 Å². The van der Waals surface area contributed by atoms with Gasteiger partial charge in [0, 0.05) is 18.7 Å². The van der Waals surface area contributed by atoms with E-state index in [2.05, 4.69) is 4.90 Å². The fraction of sp³-hybridized carbons (Fsp3) is 0.385. The Kier molecular flexibility index (Phi) is 8.34. The molecule has 3 rings (SSSR count). The lowest BCUT2D eigenvalue weighted by Crippen LogP contribution is -2.38. The lowest BCUT2D eigenvalue weighted by Gasteiger charge is -2.29. The van der Waals surface area contributed by atoms with Gasteiger partial charge in [-0.05, 0) is 55.1 Å². The fourth-order valence-electron chi connectivity index (χ4n) is 4.27. The number of nitrogens with zero attached hydrogens (tertiary/aromatic N) is 2. The third kappa shape index (κ3) is 5.09. The maximum Gasteiger partial charge on any atom is 0.295 e. The number of amides is 1. The van der Waals surface area contributed by atoms with Gasteiger partial charge in [-0.25, -0.2) is 4.39 Å². The van der Waals surface area contributed by atoms with E-state index < -0.39 is 23.5 Å². The number of Topliss-reactive ketones (excluding diaryl/α,β-unsaturated/α-hetero) is 1. The highest BCUT2D eigenvalue weighted by Gasteiger charge is 2.46. The summed E-state index contributed by atoms with van der Waals surface area (Å²) in [5.74, 6) is -1.35. The summed E-state index contributed by atoms with van der Waals surface area (Å²) in [7, 11) is 4.42.